The van der Waals surface area contributed by atoms with E-state index in [-0.39, 0.29) is 5.78 Å². The number of carbonyl (C=O) groups is 2. The Morgan fingerprint density at radius 3 is 2.54 bits per heavy atom. The Morgan fingerprint density at radius 1 is 0.964 bits per heavy atom. The minimum Gasteiger partial charge on any atom is -0.465 e. The summed E-state index contributed by atoms with van der Waals surface area (Å²) in [6.07, 6.45) is 1.47. The average molecular weight is 372 g/mol. The Kier molecular flexibility index (Phi) is 4.57. The predicted molar refractivity (Wildman–Crippen MR) is 109 cm³/mol. The summed E-state index contributed by atoms with van der Waals surface area (Å²) < 4.78 is 4.78. The first-order valence-electron chi connectivity index (χ1n) is 9.07. The number of para-hydroxylation sites is 2. The number of carbonyl (C=O) groups excluding carboxylic acids is 2. The molecule has 5 heteroatoms. The molecule has 0 aromatic heterocycles. The van der Waals surface area contributed by atoms with Crippen LogP contribution in [0.2, 0.25) is 0 Å². The zero-order valence-corrected chi connectivity index (χ0v) is 15.5. The van der Waals surface area contributed by atoms with Crippen LogP contribution in [0.5, 0.6) is 0 Å². The van der Waals surface area contributed by atoms with Crippen LogP contribution in [0.15, 0.2) is 60.7 Å². The fourth-order valence-electron chi connectivity index (χ4n) is 3.53. The van der Waals surface area contributed by atoms with E-state index < -0.39 is 5.97 Å². The van der Waals surface area contributed by atoms with Crippen molar-refractivity contribution in [1.29, 1.82) is 0 Å². The van der Waals surface area contributed by atoms with Crippen LogP contribution in [0.4, 0.5) is 17.1 Å². The van der Waals surface area contributed by atoms with Crippen molar-refractivity contribution >= 4 is 28.8 Å². The van der Waals surface area contributed by atoms with Gasteiger partial charge in [-0.25, -0.2) is 4.79 Å². The first kappa shape index (κ1) is 17.8. The lowest BCUT2D eigenvalue weighted by atomic mass is 9.97. The maximum atomic E-state index is 13.1. The molecule has 0 radical (unpaired) electrons. The largest absolute Gasteiger partial charge is 0.465 e. The summed E-state index contributed by atoms with van der Waals surface area (Å²) in [6.45, 7) is 0. The van der Waals surface area contributed by atoms with Gasteiger partial charge in [0.25, 0.3) is 0 Å². The molecule has 3 aromatic carbocycles. The maximum absolute atomic E-state index is 13.1. The Morgan fingerprint density at radius 2 is 1.75 bits per heavy atom. The van der Waals surface area contributed by atoms with E-state index >= 15 is 0 Å². The maximum Gasteiger partial charge on any atom is 0.337 e. The average Bonchev–Trinajstić information content (AvgIpc) is 2.85. The highest BCUT2D eigenvalue weighted by Gasteiger charge is 2.23. The molecule has 1 aliphatic carbocycles. The second kappa shape index (κ2) is 7.19. The number of nitrogens with one attached hydrogen (secondary N) is 1. The van der Waals surface area contributed by atoms with Gasteiger partial charge in [-0.05, 0) is 66.4 Å². The lowest BCUT2D eigenvalue weighted by Crippen LogP contribution is -2.08. The molecule has 1 aliphatic rings. The number of ketones is 1. The van der Waals surface area contributed by atoms with Crippen molar-refractivity contribution in [2.45, 2.75) is 12.8 Å². The van der Waals surface area contributed by atoms with E-state index in [1.54, 1.807) is 12.1 Å². The number of methoxy groups -OCH3 is 1. The number of rotatable bonds is 3. The number of nitrogens with two attached hydrogens (primary N) is 1. The van der Waals surface area contributed by atoms with E-state index in [4.69, 9.17) is 10.5 Å². The van der Waals surface area contributed by atoms with Gasteiger partial charge in [-0.2, -0.15) is 0 Å². The second-order valence-corrected chi connectivity index (χ2v) is 6.78. The van der Waals surface area contributed by atoms with Crippen LogP contribution in [-0.2, 0) is 17.6 Å². The minimum atomic E-state index is -0.444. The molecule has 0 amide bonds. The molecule has 0 heterocycles. The van der Waals surface area contributed by atoms with Crippen LogP contribution >= 0.6 is 0 Å². The highest BCUT2D eigenvalue weighted by molar-refractivity contribution is 6.12. The summed E-state index contributed by atoms with van der Waals surface area (Å²) in [7, 11) is 1.33. The quantitative estimate of drug-likeness (QED) is 0.534. The highest BCUT2D eigenvalue weighted by Crippen LogP contribution is 2.29. The van der Waals surface area contributed by atoms with Gasteiger partial charge >= 0.3 is 5.97 Å². The molecule has 3 N–H and O–H groups in total. The number of nitrogen functional groups attached to an aromatic ring is 1. The third-order valence-corrected chi connectivity index (χ3v) is 5.03. The molecule has 0 fully saturated rings. The highest BCUT2D eigenvalue weighted by atomic mass is 16.5. The number of benzene rings is 3. The normalized spacial score (nSPS) is 12.5. The topological polar surface area (TPSA) is 81.4 Å². The molecule has 0 aliphatic heterocycles. The number of aryl methyl sites for hydroxylation is 2. The fourth-order valence-corrected chi connectivity index (χ4v) is 3.53. The van der Waals surface area contributed by atoms with Crippen LogP contribution in [0.25, 0.3) is 0 Å². The fraction of sp³-hybridized carbons (Fsp3) is 0.130. The van der Waals surface area contributed by atoms with Gasteiger partial charge < -0.3 is 15.8 Å². The van der Waals surface area contributed by atoms with Crippen LogP contribution < -0.4 is 11.1 Å². The van der Waals surface area contributed by atoms with Gasteiger partial charge in [0.15, 0.2) is 5.78 Å². The standard InChI is InChI=1S/C23H20N2O3/c1-28-23(27)16-9-7-14-6-8-15-12-17(25-21-5-3-2-4-20(21)24)10-11-18(15)22(26)19(14)13-16/h2-5,7,9-13,25H,6,8,24H2,1H3. The van der Waals surface area contributed by atoms with Gasteiger partial charge in [0.2, 0.25) is 0 Å². The summed E-state index contributed by atoms with van der Waals surface area (Å²) in [5.74, 6) is -0.515. The molecule has 0 unspecified atom stereocenters. The zero-order valence-electron chi connectivity index (χ0n) is 15.5. The number of anilines is 3. The number of hydrogen-bond donors (Lipinski definition) is 2. The number of esters is 1. The van der Waals surface area contributed by atoms with Crippen molar-refractivity contribution in [3.63, 3.8) is 0 Å². The van der Waals surface area contributed by atoms with Crippen LogP contribution in [0, 0.1) is 0 Å². The molecule has 3 aromatic rings. The number of hydrogen-bond acceptors (Lipinski definition) is 5. The third-order valence-electron chi connectivity index (χ3n) is 5.03. The Balaban J connectivity index is 1.69. The SMILES string of the molecule is COC(=O)c1ccc2c(c1)C(=O)c1ccc(Nc3ccccc3N)cc1CC2. The van der Waals surface area contributed by atoms with Crippen molar-refractivity contribution in [2.75, 3.05) is 18.2 Å². The van der Waals surface area contributed by atoms with Gasteiger partial charge in [0.05, 0.1) is 24.0 Å². The van der Waals surface area contributed by atoms with E-state index in [1.807, 2.05) is 48.5 Å². The summed E-state index contributed by atoms with van der Waals surface area (Å²) in [6, 6.07) is 18.4. The zero-order chi connectivity index (χ0) is 19.7. The van der Waals surface area contributed by atoms with E-state index in [9.17, 15) is 9.59 Å². The van der Waals surface area contributed by atoms with Crippen LogP contribution in [-0.4, -0.2) is 18.9 Å². The van der Waals surface area contributed by atoms with Crippen molar-refractivity contribution in [3.8, 4) is 0 Å². The Labute approximate surface area is 163 Å². The van der Waals surface area contributed by atoms with Gasteiger partial charge in [-0.3, -0.25) is 4.79 Å². The monoisotopic (exact) mass is 372 g/mol. The molecular weight excluding hydrogens is 352 g/mol. The van der Waals surface area contributed by atoms with E-state index in [2.05, 4.69) is 5.32 Å². The molecule has 0 atom stereocenters. The molecule has 28 heavy (non-hydrogen) atoms. The summed E-state index contributed by atoms with van der Waals surface area (Å²) in [5, 5.41) is 3.31. The molecule has 4 rings (SSSR count). The smallest absolute Gasteiger partial charge is 0.337 e. The third kappa shape index (κ3) is 3.22. The molecule has 0 saturated carbocycles. The molecule has 5 nitrogen and oxygen atoms in total. The predicted octanol–water partition coefficient (Wildman–Crippen LogP) is 4.13. The number of fused-ring (bicyclic) bond motifs is 2. The summed E-state index contributed by atoms with van der Waals surface area (Å²) in [4.78, 5) is 25.0. The van der Waals surface area contributed by atoms with Gasteiger partial charge in [-0.1, -0.05) is 18.2 Å². The van der Waals surface area contributed by atoms with Crippen molar-refractivity contribution in [3.05, 3.63) is 88.5 Å². The van der Waals surface area contributed by atoms with Gasteiger partial charge in [-0.15, -0.1) is 0 Å². The van der Waals surface area contributed by atoms with E-state index in [0.717, 1.165) is 35.3 Å². The summed E-state index contributed by atoms with van der Waals surface area (Å²) >= 11 is 0. The van der Waals surface area contributed by atoms with Gasteiger partial charge in [0, 0.05) is 16.8 Å². The summed E-state index contributed by atoms with van der Waals surface area (Å²) in [5.41, 5.74) is 11.9. The molecule has 0 bridgehead atoms. The number of ether oxygens (including phenoxy) is 1. The molecule has 0 spiro atoms. The lowest BCUT2D eigenvalue weighted by molar-refractivity contribution is 0.0600. The Hall–Kier alpha value is -3.60. The van der Waals surface area contributed by atoms with Gasteiger partial charge in [0.1, 0.15) is 0 Å². The van der Waals surface area contributed by atoms with E-state index in [0.29, 0.717) is 22.4 Å². The lowest BCUT2D eigenvalue weighted by Gasteiger charge is -2.12. The minimum absolute atomic E-state index is 0.0703. The molecule has 0 saturated heterocycles. The van der Waals surface area contributed by atoms with E-state index in [1.165, 1.54) is 7.11 Å². The first-order valence-corrected chi connectivity index (χ1v) is 9.07. The van der Waals surface area contributed by atoms with Crippen LogP contribution in [0.3, 0.4) is 0 Å². The second-order valence-electron chi connectivity index (χ2n) is 6.78. The van der Waals surface area contributed by atoms with Crippen molar-refractivity contribution < 1.29 is 14.3 Å². The van der Waals surface area contributed by atoms with Crippen molar-refractivity contribution in [1.82, 2.24) is 0 Å². The van der Waals surface area contributed by atoms with Crippen LogP contribution in [0.1, 0.15) is 37.4 Å². The molecular formula is C23H20N2O3. The molecule has 140 valence electrons. The van der Waals surface area contributed by atoms with Crippen molar-refractivity contribution in [2.24, 2.45) is 0 Å². The Bertz CT molecular complexity index is 1090. The first-order chi connectivity index (χ1) is 13.6.